The highest BCUT2D eigenvalue weighted by atomic mass is 35.5. The lowest BCUT2D eigenvalue weighted by Crippen LogP contribution is -2.26. The average Bonchev–Trinajstić information content (AvgIpc) is 2.96. The first-order valence-corrected chi connectivity index (χ1v) is 10.8. The van der Waals surface area contributed by atoms with Gasteiger partial charge in [-0.25, -0.2) is 0 Å². The summed E-state index contributed by atoms with van der Waals surface area (Å²) in [6.45, 7) is 0. The number of Topliss-reactive ketones (excluding diaryl/α,β-unsaturated/α-hetero) is 1. The van der Waals surface area contributed by atoms with E-state index in [1.54, 1.807) is 7.11 Å². The molecule has 0 saturated heterocycles. The number of rotatable bonds is 3. The number of anilines is 2. The van der Waals surface area contributed by atoms with E-state index >= 15 is 0 Å². The largest absolute Gasteiger partial charge is 0.497 e. The van der Waals surface area contributed by atoms with Crippen LogP contribution in [0.15, 0.2) is 84.1 Å². The Morgan fingerprint density at radius 2 is 1.68 bits per heavy atom. The smallest absolute Gasteiger partial charge is 0.163 e. The minimum Gasteiger partial charge on any atom is -0.497 e. The van der Waals surface area contributed by atoms with Gasteiger partial charge in [-0.1, -0.05) is 48.0 Å². The van der Waals surface area contributed by atoms with Crippen LogP contribution in [-0.2, 0) is 4.79 Å². The molecule has 0 spiro atoms. The third-order valence-electron chi connectivity index (χ3n) is 6.08. The number of nitrogens with one attached hydrogen (secondary N) is 2. The van der Waals surface area contributed by atoms with E-state index in [2.05, 4.69) is 22.8 Å². The zero-order valence-corrected chi connectivity index (χ0v) is 17.9. The van der Waals surface area contributed by atoms with Crippen LogP contribution in [0.1, 0.15) is 35.9 Å². The van der Waals surface area contributed by atoms with Crippen molar-refractivity contribution >= 4 is 28.8 Å². The van der Waals surface area contributed by atoms with E-state index in [0.717, 1.165) is 45.9 Å². The molecule has 3 aromatic rings. The lowest BCUT2D eigenvalue weighted by atomic mass is 9.78. The summed E-state index contributed by atoms with van der Waals surface area (Å²) < 4.78 is 5.28. The van der Waals surface area contributed by atoms with E-state index in [4.69, 9.17) is 16.3 Å². The molecule has 1 aliphatic carbocycles. The number of hydrogen-bond acceptors (Lipinski definition) is 4. The number of hydrogen-bond donors (Lipinski definition) is 2. The van der Waals surface area contributed by atoms with Crippen molar-refractivity contribution < 1.29 is 9.53 Å². The Labute approximate surface area is 186 Å². The lowest BCUT2D eigenvalue weighted by Gasteiger charge is -2.30. The number of halogens is 1. The van der Waals surface area contributed by atoms with E-state index in [1.807, 2.05) is 60.7 Å². The van der Waals surface area contributed by atoms with Crippen molar-refractivity contribution in [2.45, 2.75) is 24.8 Å². The summed E-state index contributed by atoms with van der Waals surface area (Å²) in [4.78, 5) is 13.5. The zero-order chi connectivity index (χ0) is 21.4. The van der Waals surface area contributed by atoms with Gasteiger partial charge in [0.15, 0.2) is 5.78 Å². The van der Waals surface area contributed by atoms with Gasteiger partial charge in [-0.05, 0) is 59.9 Å². The minimum absolute atomic E-state index is 0.120. The first-order chi connectivity index (χ1) is 15.1. The van der Waals surface area contributed by atoms with Gasteiger partial charge in [-0.3, -0.25) is 4.79 Å². The highest BCUT2D eigenvalue weighted by Crippen LogP contribution is 2.44. The van der Waals surface area contributed by atoms with Gasteiger partial charge in [-0.2, -0.15) is 0 Å². The van der Waals surface area contributed by atoms with Crippen molar-refractivity contribution in [2.24, 2.45) is 0 Å². The number of benzene rings is 3. The highest BCUT2D eigenvalue weighted by Gasteiger charge is 2.36. The maximum Gasteiger partial charge on any atom is 0.163 e. The number of carbonyl (C=O) groups is 1. The van der Waals surface area contributed by atoms with E-state index in [0.29, 0.717) is 11.4 Å². The summed E-state index contributed by atoms with van der Waals surface area (Å²) in [6, 6.07) is 23.6. The van der Waals surface area contributed by atoms with Gasteiger partial charge in [-0.15, -0.1) is 0 Å². The van der Waals surface area contributed by atoms with Crippen molar-refractivity contribution in [3.63, 3.8) is 0 Å². The topological polar surface area (TPSA) is 50.4 Å². The summed E-state index contributed by atoms with van der Waals surface area (Å²) in [7, 11) is 1.66. The maximum atomic E-state index is 13.5. The fourth-order valence-corrected chi connectivity index (χ4v) is 4.74. The molecule has 156 valence electrons. The summed E-state index contributed by atoms with van der Waals surface area (Å²) in [6.07, 6.45) is 1.24. The molecule has 0 fully saturated rings. The van der Waals surface area contributed by atoms with Gasteiger partial charge in [0, 0.05) is 22.7 Å². The molecule has 5 rings (SSSR count). The second-order valence-corrected chi connectivity index (χ2v) is 8.43. The predicted molar refractivity (Wildman–Crippen MR) is 125 cm³/mol. The molecule has 2 N–H and O–H groups in total. The molecule has 3 aromatic carbocycles. The van der Waals surface area contributed by atoms with Gasteiger partial charge in [0.05, 0.1) is 24.5 Å². The van der Waals surface area contributed by atoms with Crippen LogP contribution < -0.4 is 15.4 Å². The molecule has 5 heteroatoms. The molecule has 0 bridgehead atoms. The normalized spacial score (nSPS) is 20.1. The van der Waals surface area contributed by atoms with Gasteiger partial charge in [0.25, 0.3) is 0 Å². The standard InChI is InChI=1S/C26H23ClN2O2/c1-31-20-11-9-16(10-12-20)18-14-23-25(24(30)15-18)26(17-5-4-6-19(27)13-17)29-22-8-3-2-7-21(22)28-23/h2-13,18,26,28-29H,14-15H2,1H3/t18-,26-/m0/s1. The van der Waals surface area contributed by atoms with Crippen molar-refractivity contribution in [3.05, 3.63) is 100 Å². The van der Waals surface area contributed by atoms with E-state index in [-0.39, 0.29) is 17.7 Å². The fourth-order valence-electron chi connectivity index (χ4n) is 4.54. The van der Waals surface area contributed by atoms with Crippen LogP contribution in [0.5, 0.6) is 5.75 Å². The molecule has 0 unspecified atom stereocenters. The second kappa shape index (κ2) is 8.12. The Hall–Kier alpha value is -3.24. The third-order valence-corrected chi connectivity index (χ3v) is 6.31. The Morgan fingerprint density at radius 3 is 2.42 bits per heavy atom. The first-order valence-electron chi connectivity index (χ1n) is 10.4. The molecule has 0 radical (unpaired) electrons. The number of para-hydroxylation sites is 2. The Morgan fingerprint density at radius 1 is 0.903 bits per heavy atom. The number of ketones is 1. The Kier molecular flexibility index (Phi) is 5.16. The second-order valence-electron chi connectivity index (χ2n) is 8.00. The first kappa shape index (κ1) is 19.7. The fraction of sp³-hybridized carbons (Fsp3) is 0.192. The van der Waals surface area contributed by atoms with Crippen LogP contribution in [0.2, 0.25) is 5.02 Å². The quantitative estimate of drug-likeness (QED) is 0.509. The zero-order valence-electron chi connectivity index (χ0n) is 17.2. The van der Waals surface area contributed by atoms with Gasteiger partial charge in [0.2, 0.25) is 0 Å². The maximum absolute atomic E-state index is 13.5. The molecule has 2 atom stereocenters. The SMILES string of the molecule is COc1ccc([C@@H]2CC(=O)C3=C(C2)Nc2ccccc2N[C@H]3c2cccc(Cl)c2)cc1. The van der Waals surface area contributed by atoms with Crippen LogP contribution in [-0.4, -0.2) is 12.9 Å². The molecular formula is C26H23ClN2O2. The third kappa shape index (κ3) is 3.79. The van der Waals surface area contributed by atoms with E-state index in [1.165, 1.54) is 0 Å². The van der Waals surface area contributed by atoms with Gasteiger partial charge >= 0.3 is 0 Å². The molecule has 0 saturated carbocycles. The van der Waals surface area contributed by atoms with Gasteiger partial charge in [0.1, 0.15) is 5.75 Å². The summed E-state index contributed by atoms with van der Waals surface area (Å²) >= 11 is 6.29. The molecule has 4 nitrogen and oxygen atoms in total. The van der Waals surface area contributed by atoms with Crippen LogP contribution in [0.3, 0.4) is 0 Å². The molecule has 31 heavy (non-hydrogen) atoms. The van der Waals surface area contributed by atoms with Crippen LogP contribution in [0.25, 0.3) is 0 Å². The molecule has 1 aliphatic heterocycles. The Bertz CT molecular complexity index is 1170. The highest BCUT2D eigenvalue weighted by molar-refractivity contribution is 6.30. The van der Waals surface area contributed by atoms with Crippen molar-refractivity contribution in [1.82, 2.24) is 0 Å². The molecular weight excluding hydrogens is 408 g/mol. The minimum atomic E-state index is -0.255. The summed E-state index contributed by atoms with van der Waals surface area (Å²) in [5, 5.41) is 7.81. The van der Waals surface area contributed by atoms with Crippen molar-refractivity contribution in [3.8, 4) is 5.75 Å². The Balaban J connectivity index is 1.58. The molecule has 2 aliphatic rings. The average molecular weight is 431 g/mol. The van der Waals surface area contributed by atoms with E-state index < -0.39 is 0 Å². The number of ether oxygens (including phenoxy) is 1. The van der Waals surface area contributed by atoms with Crippen LogP contribution in [0.4, 0.5) is 11.4 Å². The predicted octanol–water partition coefficient (Wildman–Crippen LogP) is 6.33. The lowest BCUT2D eigenvalue weighted by molar-refractivity contribution is -0.116. The van der Waals surface area contributed by atoms with Crippen molar-refractivity contribution in [1.29, 1.82) is 0 Å². The summed E-state index contributed by atoms with van der Waals surface area (Å²) in [5.74, 6) is 1.09. The molecule has 0 amide bonds. The number of carbonyl (C=O) groups excluding carboxylic acids is 1. The number of methoxy groups -OCH3 is 1. The summed E-state index contributed by atoms with van der Waals surface area (Å²) in [5.41, 5.74) is 5.84. The van der Waals surface area contributed by atoms with Gasteiger partial charge < -0.3 is 15.4 Å². The number of fused-ring (bicyclic) bond motifs is 1. The number of allylic oxidation sites excluding steroid dienone is 1. The molecule has 0 aromatic heterocycles. The van der Waals surface area contributed by atoms with Crippen LogP contribution in [0, 0.1) is 0 Å². The monoisotopic (exact) mass is 430 g/mol. The molecule has 1 heterocycles. The van der Waals surface area contributed by atoms with E-state index in [9.17, 15) is 4.79 Å². The van der Waals surface area contributed by atoms with Crippen molar-refractivity contribution in [2.75, 3.05) is 17.7 Å². The van der Waals surface area contributed by atoms with Crippen LogP contribution >= 0.6 is 11.6 Å².